The number of anilines is 2. The second-order valence-corrected chi connectivity index (χ2v) is 9.36. The van der Waals surface area contributed by atoms with Gasteiger partial charge >= 0.3 is 0 Å². The standard InChI is InChI=1S/C24H31N3OS/c1-17-13-15-27(16-14-17)21-11-9-20(10-12-21)25-23(29)26-22(28)18-5-7-19(8-6-18)24(2,3)4/h5-12,17H,13-16H2,1-4H3,(H2,25,26,28,29). The van der Waals surface area contributed by atoms with Gasteiger partial charge in [0.15, 0.2) is 5.11 Å². The molecule has 1 amide bonds. The zero-order valence-corrected chi connectivity index (χ0v) is 18.6. The predicted octanol–water partition coefficient (Wildman–Crippen LogP) is 5.35. The maximum Gasteiger partial charge on any atom is 0.257 e. The lowest BCUT2D eigenvalue weighted by atomic mass is 9.87. The maximum absolute atomic E-state index is 12.4. The molecule has 1 aliphatic heterocycles. The lowest BCUT2D eigenvalue weighted by Crippen LogP contribution is -2.34. The van der Waals surface area contributed by atoms with Gasteiger partial charge in [-0.1, -0.05) is 39.8 Å². The summed E-state index contributed by atoms with van der Waals surface area (Å²) in [6.07, 6.45) is 2.49. The highest BCUT2D eigenvalue weighted by atomic mass is 32.1. The molecule has 0 saturated carbocycles. The third-order valence-corrected chi connectivity index (χ3v) is 5.72. The summed E-state index contributed by atoms with van der Waals surface area (Å²) in [5.74, 6) is 0.611. The van der Waals surface area contributed by atoms with Gasteiger partial charge in [-0.05, 0) is 78.4 Å². The molecule has 0 aromatic heterocycles. The van der Waals surface area contributed by atoms with Gasteiger partial charge in [0.2, 0.25) is 0 Å². The lowest BCUT2D eigenvalue weighted by molar-refractivity contribution is 0.0977. The zero-order chi connectivity index (χ0) is 21.0. The van der Waals surface area contributed by atoms with Crippen molar-refractivity contribution in [1.82, 2.24) is 5.32 Å². The fourth-order valence-electron chi connectivity index (χ4n) is 3.48. The van der Waals surface area contributed by atoms with Crippen LogP contribution in [0.1, 0.15) is 56.5 Å². The number of carbonyl (C=O) groups is 1. The van der Waals surface area contributed by atoms with Gasteiger partial charge in [0, 0.05) is 30.0 Å². The Hall–Kier alpha value is -2.40. The quantitative estimate of drug-likeness (QED) is 0.671. The molecule has 1 heterocycles. The van der Waals surface area contributed by atoms with Crippen LogP contribution in [0.2, 0.25) is 0 Å². The van der Waals surface area contributed by atoms with E-state index < -0.39 is 0 Å². The van der Waals surface area contributed by atoms with Crippen molar-refractivity contribution >= 4 is 34.6 Å². The first-order chi connectivity index (χ1) is 13.7. The SMILES string of the molecule is CC1CCN(c2ccc(NC(=S)NC(=O)c3ccc(C(C)(C)C)cc3)cc2)CC1. The number of nitrogens with one attached hydrogen (secondary N) is 2. The van der Waals surface area contributed by atoms with Crippen LogP contribution < -0.4 is 15.5 Å². The predicted molar refractivity (Wildman–Crippen MR) is 126 cm³/mol. The summed E-state index contributed by atoms with van der Waals surface area (Å²) in [6, 6.07) is 15.9. The van der Waals surface area contributed by atoms with Crippen LogP contribution in [0, 0.1) is 5.92 Å². The second-order valence-electron chi connectivity index (χ2n) is 8.95. The average molecular weight is 410 g/mol. The van der Waals surface area contributed by atoms with E-state index in [0.717, 1.165) is 24.7 Å². The van der Waals surface area contributed by atoms with E-state index in [1.54, 1.807) is 0 Å². The molecule has 2 aromatic rings. The normalized spacial score (nSPS) is 15.1. The Morgan fingerprint density at radius 3 is 2.14 bits per heavy atom. The van der Waals surface area contributed by atoms with Gasteiger partial charge in [-0.15, -0.1) is 0 Å². The number of amides is 1. The molecule has 0 aliphatic carbocycles. The first kappa shape index (κ1) is 21.3. The minimum atomic E-state index is -0.206. The third-order valence-electron chi connectivity index (χ3n) is 5.51. The first-order valence-electron chi connectivity index (χ1n) is 10.3. The van der Waals surface area contributed by atoms with Crippen molar-refractivity contribution in [2.45, 2.75) is 46.0 Å². The molecular weight excluding hydrogens is 378 g/mol. The van der Waals surface area contributed by atoms with Crippen molar-refractivity contribution in [2.24, 2.45) is 5.92 Å². The lowest BCUT2D eigenvalue weighted by Gasteiger charge is -2.32. The van der Waals surface area contributed by atoms with Gasteiger partial charge in [0.05, 0.1) is 0 Å². The summed E-state index contributed by atoms with van der Waals surface area (Å²) in [6.45, 7) is 11.0. The van der Waals surface area contributed by atoms with E-state index >= 15 is 0 Å². The maximum atomic E-state index is 12.4. The van der Waals surface area contributed by atoms with E-state index in [1.165, 1.54) is 24.1 Å². The summed E-state index contributed by atoms with van der Waals surface area (Å²) in [5, 5.41) is 6.15. The second kappa shape index (κ2) is 8.95. The molecule has 0 atom stereocenters. The summed E-state index contributed by atoms with van der Waals surface area (Å²) >= 11 is 5.31. The Kier molecular flexibility index (Phi) is 6.58. The van der Waals surface area contributed by atoms with Crippen LogP contribution in [0.15, 0.2) is 48.5 Å². The van der Waals surface area contributed by atoms with E-state index in [0.29, 0.717) is 10.7 Å². The van der Waals surface area contributed by atoms with E-state index in [9.17, 15) is 4.79 Å². The number of rotatable bonds is 3. The van der Waals surface area contributed by atoms with E-state index in [4.69, 9.17) is 12.2 Å². The highest BCUT2D eigenvalue weighted by molar-refractivity contribution is 7.80. The Morgan fingerprint density at radius 1 is 1.00 bits per heavy atom. The van der Waals surface area contributed by atoms with Crippen LogP contribution in [-0.2, 0) is 5.41 Å². The Bertz CT molecular complexity index is 845. The summed E-state index contributed by atoms with van der Waals surface area (Å²) in [5.41, 5.74) is 3.95. The highest BCUT2D eigenvalue weighted by Gasteiger charge is 2.16. The third kappa shape index (κ3) is 5.80. The molecule has 5 heteroatoms. The first-order valence-corrected chi connectivity index (χ1v) is 10.7. The zero-order valence-electron chi connectivity index (χ0n) is 17.8. The molecule has 1 fully saturated rings. The van der Waals surface area contributed by atoms with Gasteiger partial charge in [-0.3, -0.25) is 10.1 Å². The summed E-state index contributed by atoms with van der Waals surface area (Å²) in [4.78, 5) is 14.9. The Labute approximate surface area is 179 Å². The molecular formula is C24H31N3OS. The average Bonchev–Trinajstić information content (AvgIpc) is 2.68. The Balaban J connectivity index is 1.54. The number of nitrogens with zero attached hydrogens (tertiary/aromatic N) is 1. The number of hydrogen-bond donors (Lipinski definition) is 2. The van der Waals surface area contributed by atoms with Gasteiger partial charge in [0.25, 0.3) is 5.91 Å². The van der Waals surface area contributed by atoms with Crippen molar-refractivity contribution in [3.05, 3.63) is 59.7 Å². The molecule has 1 saturated heterocycles. The minimum absolute atomic E-state index is 0.0600. The molecule has 0 bridgehead atoms. The van der Waals surface area contributed by atoms with E-state index in [1.807, 2.05) is 36.4 Å². The fourth-order valence-corrected chi connectivity index (χ4v) is 3.69. The molecule has 2 N–H and O–H groups in total. The van der Waals surface area contributed by atoms with Gasteiger partial charge in [-0.2, -0.15) is 0 Å². The monoisotopic (exact) mass is 409 g/mol. The minimum Gasteiger partial charge on any atom is -0.372 e. The molecule has 0 unspecified atom stereocenters. The number of hydrogen-bond acceptors (Lipinski definition) is 3. The number of thiocarbonyl (C=S) groups is 1. The molecule has 1 aliphatic rings. The van der Waals surface area contributed by atoms with E-state index in [2.05, 4.69) is 55.4 Å². The van der Waals surface area contributed by atoms with Gasteiger partial charge < -0.3 is 10.2 Å². The topological polar surface area (TPSA) is 44.4 Å². The van der Waals surface area contributed by atoms with Crippen molar-refractivity contribution in [3.63, 3.8) is 0 Å². The molecule has 154 valence electrons. The van der Waals surface area contributed by atoms with Gasteiger partial charge in [0.1, 0.15) is 0 Å². The molecule has 29 heavy (non-hydrogen) atoms. The van der Waals surface area contributed by atoms with Crippen LogP contribution in [0.3, 0.4) is 0 Å². The number of benzene rings is 2. The van der Waals surface area contributed by atoms with Crippen molar-refractivity contribution in [2.75, 3.05) is 23.3 Å². The van der Waals surface area contributed by atoms with Crippen LogP contribution >= 0.6 is 12.2 Å². The summed E-state index contributed by atoms with van der Waals surface area (Å²) in [7, 11) is 0. The van der Waals surface area contributed by atoms with Crippen molar-refractivity contribution in [1.29, 1.82) is 0 Å². The van der Waals surface area contributed by atoms with E-state index in [-0.39, 0.29) is 11.3 Å². The molecule has 2 aromatic carbocycles. The van der Waals surface area contributed by atoms with Crippen molar-refractivity contribution in [3.8, 4) is 0 Å². The van der Waals surface area contributed by atoms with Gasteiger partial charge in [-0.25, -0.2) is 0 Å². The van der Waals surface area contributed by atoms with Crippen molar-refractivity contribution < 1.29 is 4.79 Å². The molecule has 0 spiro atoms. The highest BCUT2D eigenvalue weighted by Crippen LogP contribution is 2.24. The molecule has 3 rings (SSSR count). The number of carbonyl (C=O) groups excluding carboxylic acids is 1. The molecule has 0 radical (unpaired) electrons. The largest absolute Gasteiger partial charge is 0.372 e. The van der Waals surface area contributed by atoms with Crippen LogP contribution in [0.5, 0.6) is 0 Å². The smallest absolute Gasteiger partial charge is 0.257 e. The van der Waals surface area contributed by atoms with Crippen LogP contribution in [0.25, 0.3) is 0 Å². The number of piperidine rings is 1. The van der Waals surface area contributed by atoms with Crippen LogP contribution in [-0.4, -0.2) is 24.1 Å². The Morgan fingerprint density at radius 2 is 1.59 bits per heavy atom. The summed E-state index contributed by atoms with van der Waals surface area (Å²) < 4.78 is 0. The fraction of sp³-hybridized carbons (Fsp3) is 0.417. The van der Waals surface area contributed by atoms with Crippen LogP contribution in [0.4, 0.5) is 11.4 Å². The molecule has 4 nitrogen and oxygen atoms in total.